The first-order valence-electron chi connectivity index (χ1n) is 8.10. The number of rotatable bonds is 7. The molecule has 2 aromatic rings. The molecule has 0 spiro atoms. The largest absolute Gasteiger partial charge is 0.444 e. The molecule has 24 heavy (non-hydrogen) atoms. The van der Waals surface area contributed by atoms with Gasteiger partial charge in [-0.3, -0.25) is 0 Å². The monoisotopic (exact) mass is 332 g/mol. The van der Waals surface area contributed by atoms with Gasteiger partial charge in [-0.05, 0) is 43.0 Å². The zero-order chi connectivity index (χ0) is 16.9. The minimum atomic E-state index is -0.303. The van der Waals surface area contributed by atoms with E-state index < -0.39 is 0 Å². The molecule has 1 aliphatic rings. The zero-order valence-corrected chi connectivity index (χ0v) is 13.3. The molecule has 3 rings (SSSR count). The highest BCUT2D eigenvalue weighted by Gasteiger charge is 2.31. The summed E-state index contributed by atoms with van der Waals surface area (Å²) in [7, 11) is 0. The van der Waals surface area contributed by atoms with Gasteiger partial charge < -0.3 is 20.8 Å². The third kappa shape index (κ3) is 4.32. The molecule has 1 aliphatic carbocycles. The van der Waals surface area contributed by atoms with Crippen LogP contribution in [0.15, 0.2) is 34.9 Å². The summed E-state index contributed by atoms with van der Waals surface area (Å²) in [6, 6.07) is 5.79. The molecule has 1 heterocycles. The SMILES string of the molecule is NCC(NC(=O)NCCc1coc(-c2ccc(F)cc2)n1)C1CC1. The lowest BCUT2D eigenvalue weighted by molar-refractivity contribution is 0.236. The number of aromatic nitrogens is 1. The number of oxazole rings is 1. The summed E-state index contributed by atoms with van der Waals surface area (Å²) < 4.78 is 18.3. The van der Waals surface area contributed by atoms with Crippen LogP contribution in [-0.4, -0.2) is 30.1 Å². The number of nitrogens with two attached hydrogens (primary N) is 1. The summed E-state index contributed by atoms with van der Waals surface area (Å²) in [4.78, 5) is 16.2. The van der Waals surface area contributed by atoms with Gasteiger partial charge >= 0.3 is 6.03 Å². The molecule has 128 valence electrons. The van der Waals surface area contributed by atoms with E-state index in [9.17, 15) is 9.18 Å². The summed E-state index contributed by atoms with van der Waals surface area (Å²) in [5, 5.41) is 5.70. The summed E-state index contributed by atoms with van der Waals surface area (Å²) in [6.07, 6.45) is 4.36. The number of nitrogens with one attached hydrogen (secondary N) is 2. The van der Waals surface area contributed by atoms with Crippen LogP contribution in [-0.2, 0) is 6.42 Å². The Bertz CT molecular complexity index is 682. The molecule has 7 heteroatoms. The molecular formula is C17H21FN4O2. The zero-order valence-electron chi connectivity index (χ0n) is 13.3. The van der Waals surface area contributed by atoms with E-state index in [1.165, 1.54) is 12.1 Å². The fourth-order valence-corrected chi connectivity index (χ4v) is 2.54. The van der Waals surface area contributed by atoms with Crippen molar-refractivity contribution >= 4 is 6.03 Å². The maximum absolute atomic E-state index is 12.9. The van der Waals surface area contributed by atoms with Crippen LogP contribution in [0.1, 0.15) is 18.5 Å². The molecule has 0 aliphatic heterocycles. The Morgan fingerprint density at radius 1 is 1.38 bits per heavy atom. The van der Waals surface area contributed by atoms with Gasteiger partial charge in [-0.1, -0.05) is 0 Å². The number of halogens is 1. The predicted molar refractivity (Wildman–Crippen MR) is 87.7 cm³/mol. The van der Waals surface area contributed by atoms with Crippen molar-refractivity contribution in [1.82, 2.24) is 15.6 Å². The van der Waals surface area contributed by atoms with E-state index in [0.717, 1.165) is 18.5 Å². The molecule has 4 N–H and O–H groups in total. The van der Waals surface area contributed by atoms with Crippen molar-refractivity contribution in [3.05, 3.63) is 42.0 Å². The number of hydrogen-bond acceptors (Lipinski definition) is 4. The lowest BCUT2D eigenvalue weighted by atomic mass is 10.2. The Morgan fingerprint density at radius 3 is 2.79 bits per heavy atom. The van der Waals surface area contributed by atoms with Crippen molar-refractivity contribution in [2.45, 2.75) is 25.3 Å². The maximum atomic E-state index is 12.9. The van der Waals surface area contributed by atoms with Crippen molar-refractivity contribution in [2.24, 2.45) is 11.7 Å². The van der Waals surface area contributed by atoms with Gasteiger partial charge in [-0.2, -0.15) is 0 Å². The second-order valence-corrected chi connectivity index (χ2v) is 5.98. The van der Waals surface area contributed by atoms with Gasteiger partial charge in [0.1, 0.15) is 12.1 Å². The van der Waals surface area contributed by atoms with Crippen molar-refractivity contribution in [3.8, 4) is 11.5 Å². The van der Waals surface area contributed by atoms with Gasteiger partial charge in [-0.15, -0.1) is 0 Å². The standard InChI is InChI=1S/C17H21FN4O2/c18-13-5-3-12(4-6-13)16-21-14(10-24-16)7-8-20-17(23)22-15(9-19)11-1-2-11/h3-6,10-11,15H,1-2,7-9,19H2,(H2,20,22,23). The van der Waals surface area contributed by atoms with Crippen molar-refractivity contribution < 1.29 is 13.6 Å². The normalized spacial score (nSPS) is 15.1. The Kier molecular flexibility index (Phi) is 5.10. The highest BCUT2D eigenvalue weighted by Crippen LogP contribution is 2.32. The maximum Gasteiger partial charge on any atom is 0.315 e. The molecule has 1 aromatic carbocycles. The average Bonchev–Trinajstić information content (AvgIpc) is 3.32. The minimum Gasteiger partial charge on any atom is -0.444 e. The van der Waals surface area contributed by atoms with Crippen LogP contribution in [0.2, 0.25) is 0 Å². The molecule has 6 nitrogen and oxygen atoms in total. The molecular weight excluding hydrogens is 311 g/mol. The topological polar surface area (TPSA) is 93.2 Å². The molecule has 1 saturated carbocycles. The van der Waals surface area contributed by atoms with E-state index in [1.54, 1.807) is 18.4 Å². The molecule has 1 atom stereocenters. The third-order valence-electron chi connectivity index (χ3n) is 4.07. The molecule has 1 fully saturated rings. The Labute approximate surface area is 139 Å². The van der Waals surface area contributed by atoms with Crippen molar-refractivity contribution in [1.29, 1.82) is 0 Å². The van der Waals surface area contributed by atoms with Gasteiger partial charge in [0, 0.05) is 31.1 Å². The Balaban J connectivity index is 1.45. The first-order valence-corrected chi connectivity index (χ1v) is 8.10. The van der Waals surface area contributed by atoms with E-state index in [4.69, 9.17) is 10.2 Å². The first kappa shape index (κ1) is 16.4. The van der Waals surface area contributed by atoms with Crippen LogP contribution in [0.5, 0.6) is 0 Å². The first-order chi connectivity index (χ1) is 11.7. The molecule has 0 radical (unpaired) electrons. The molecule has 1 unspecified atom stereocenters. The lowest BCUT2D eigenvalue weighted by Gasteiger charge is -2.16. The van der Waals surface area contributed by atoms with Crippen molar-refractivity contribution in [2.75, 3.05) is 13.1 Å². The van der Waals surface area contributed by atoms with E-state index in [1.807, 2.05) is 0 Å². The van der Waals surface area contributed by atoms with Crippen LogP contribution < -0.4 is 16.4 Å². The highest BCUT2D eigenvalue weighted by atomic mass is 19.1. The average molecular weight is 332 g/mol. The van der Waals surface area contributed by atoms with Gasteiger partial charge in [0.15, 0.2) is 0 Å². The minimum absolute atomic E-state index is 0.0575. The Morgan fingerprint density at radius 2 is 2.12 bits per heavy atom. The number of urea groups is 1. The smallest absolute Gasteiger partial charge is 0.315 e. The number of hydrogen-bond donors (Lipinski definition) is 3. The van der Waals surface area contributed by atoms with Crippen LogP contribution in [0.3, 0.4) is 0 Å². The second kappa shape index (κ2) is 7.44. The number of carbonyl (C=O) groups is 1. The van der Waals surface area contributed by atoms with Crippen LogP contribution >= 0.6 is 0 Å². The van der Waals surface area contributed by atoms with Gasteiger partial charge in [0.25, 0.3) is 0 Å². The van der Waals surface area contributed by atoms with E-state index in [0.29, 0.717) is 36.9 Å². The molecule has 1 aromatic heterocycles. The van der Waals surface area contributed by atoms with Crippen LogP contribution in [0, 0.1) is 11.7 Å². The second-order valence-electron chi connectivity index (χ2n) is 5.98. The van der Waals surface area contributed by atoms with Gasteiger partial charge in [-0.25, -0.2) is 14.2 Å². The van der Waals surface area contributed by atoms with Crippen molar-refractivity contribution in [3.63, 3.8) is 0 Å². The summed E-state index contributed by atoms with van der Waals surface area (Å²) in [5.41, 5.74) is 7.10. The molecule has 0 bridgehead atoms. The van der Waals surface area contributed by atoms with Gasteiger partial charge in [0.2, 0.25) is 5.89 Å². The fraction of sp³-hybridized carbons (Fsp3) is 0.412. The lowest BCUT2D eigenvalue weighted by Crippen LogP contribution is -2.47. The predicted octanol–water partition coefficient (Wildman–Crippen LogP) is 2.06. The van der Waals surface area contributed by atoms with Gasteiger partial charge in [0.05, 0.1) is 5.69 Å². The number of carbonyl (C=O) groups excluding carboxylic acids is 1. The summed E-state index contributed by atoms with van der Waals surface area (Å²) in [5.74, 6) is 0.656. The number of benzene rings is 1. The fourth-order valence-electron chi connectivity index (χ4n) is 2.54. The van der Waals surface area contributed by atoms with E-state index >= 15 is 0 Å². The summed E-state index contributed by atoms with van der Waals surface area (Å²) in [6.45, 7) is 0.908. The third-order valence-corrected chi connectivity index (χ3v) is 4.07. The Hall–Kier alpha value is -2.41. The van der Waals surface area contributed by atoms with E-state index in [2.05, 4.69) is 15.6 Å². The molecule has 2 amide bonds. The summed E-state index contributed by atoms with van der Waals surface area (Å²) >= 11 is 0. The number of nitrogens with zero attached hydrogens (tertiary/aromatic N) is 1. The number of amides is 2. The highest BCUT2D eigenvalue weighted by molar-refractivity contribution is 5.74. The molecule has 0 saturated heterocycles. The van der Waals surface area contributed by atoms with E-state index in [-0.39, 0.29) is 17.9 Å². The quantitative estimate of drug-likeness (QED) is 0.723. The van der Waals surface area contributed by atoms with Crippen LogP contribution in [0.4, 0.5) is 9.18 Å². The van der Waals surface area contributed by atoms with Crippen LogP contribution in [0.25, 0.3) is 11.5 Å².